The van der Waals surface area contributed by atoms with E-state index in [0.29, 0.717) is 0 Å². The number of carbonyl (C=O) groups excluding carboxylic acids is 1. The molecule has 0 aliphatic heterocycles. The van der Waals surface area contributed by atoms with Crippen molar-refractivity contribution < 1.29 is 13.2 Å². The third kappa shape index (κ3) is 5.88. The Morgan fingerprint density at radius 3 is 2.33 bits per heavy atom. The number of nitrogens with one attached hydrogen (secondary N) is 3. The van der Waals surface area contributed by atoms with Crippen LogP contribution in [0, 0.1) is 0 Å². The molecule has 0 bridgehead atoms. The maximum absolute atomic E-state index is 12.7. The molecule has 0 saturated heterocycles. The Hall–Kier alpha value is -2.23. The molecule has 0 radical (unpaired) electrons. The Labute approximate surface area is 165 Å². The van der Waals surface area contributed by atoms with E-state index in [1.54, 1.807) is 12.1 Å². The van der Waals surface area contributed by atoms with Gasteiger partial charge in [0.05, 0.1) is 11.4 Å². The van der Waals surface area contributed by atoms with E-state index in [-0.39, 0.29) is 22.1 Å². The zero-order valence-corrected chi connectivity index (χ0v) is 17.4. The molecule has 0 unspecified atom stereocenters. The van der Waals surface area contributed by atoms with Crippen LogP contribution in [-0.2, 0) is 14.8 Å². The van der Waals surface area contributed by atoms with Crippen molar-refractivity contribution in [2.45, 2.75) is 31.2 Å². The van der Waals surface area contributed by atoms with Gasteiger partial charge in [-0.25, -0.2) is 8.42 Å². The molecule has 0 atom stereocenters. The monoisotopic (exact) mass is 408 g/mol. The highest BCUT2D eigenvalue weighted by molar-refractivity contribution is 7.89. The maximum atomic E-state index is 12.7. The summed E-state index contributed by atoms with van der Waals surface area (Å²) in [6.07, 6.45) is 0. The summed E-state index contributed by atoms with van der Waals surface area (Å²) in [4.78, 5) is 12.2. The Bertz CT molecular complexity index is 952. The van der Waals surface area contributed by atoms with Crippen molar-refractivity contribution >= 4 is 44.0 Å². The second-order valence-corrected chi connectivity index (χ2v) is 9.60. The van der Waals surface area contributed by atoms with Crippen molar-refractivity contribution in [1.82, 2.24) is 20.5 Å². The van der Waals surface area contributed by atoms with Gasteiger partial charge in [-0.2, -0.15) is 4.31 Å². The largest absolute Gasteiger partial charge is 0.357 e. The van der Waals surface area contributed by atoms with Gasteiger partial charge in [-0.3, -0.25) is 15.6 Å². The molecule has 0 heterocycles. The summed E-state index contributed by atoms with van der Waals surface area (Å²) >= 11 is 5.06. The molecule has 0 aliphatic rings. The van der Waals surface area contributed by atoms with Crippen LogP contribution >= 0.6 is 12.2 Å². The van der Waals surface area contributed by atoms with Crippen LogP contribution in [0.25, 0.3) is 10.8 Å². The number of likely N-dealkylation sites (N-methyl/N-ethyl adjacent to an activating group) is 1. The van der Waals surface area contributed by atoms with E-state index >= 15 is 0 Å². The Balaban J connectivity index is 2.01. The minimum Gasteiger partial charge on any atom is -0.357 e. The maximum Gasteiger partial charge on any atom is 0.253 e. The van der Waals surface area contributed by atoms with Gasteiger partial charge in [-0.1, -0.05) is 30.3 Å². The van der Waals surface area contributed by atoms with Crippen LogP contribution in [0.4, 0.5) is 0 Å². The SMILES string of the molecule is CN(CC(=O)NNC(=S)NC(C)(C)C)S(=O)(=O)c1ccc2ccccc2c1. The summed E-state index contributed by atoms with van der Waals surface area (Å²) in [5, 5.41) is 4.98. The van der Waals surface area contributed by atoms with Crippen molar-refractivity contribution in [3.8, 4) is 0 Å². The van der Waals surface area contributed by atoms with Gasteiger partial charge in [-0.15, -0.1) is 0 Å². The number of carbonyl (C=O) groups is 1. The molecule has 0 spiro atoms. The van der Waals surface area contributed by atoms with Gasteiger partial charge in [0.25, 0.3) is 5.91 Å². The minimum atomic E-state index is -3.80. The van der Waals surface area contributed by atoms with Crippen molar-refractivity contribution in [3.63, 3.8) is 0 Å². The van der Waals surface area contributed by atoms with E-state index in [1.807, 2.05) is 45.0 Å². The summed E-state index contributed by atoms with van der Waals surface area (Å²) in [7, 11) is -2.44. The average Bonchev–Trinajstić information content (AvgIpc) is 2.58. The van der Waals surface area contributed by atoms with E-state index in [4.69, 9.17) is 12.2 Å². The number of thiocarbonyl (C=S) groups is 1. The molecule has 2 aromatic carbocycles. The number of hydrazine groups is 1. The van der Waals surface area contributed by atoms with E-state index < -0.39 is 15.9 Å². The molecule has 146 valence electrons. The molecule has 2 aromatic rings. The molecule has 2 rings (SSSR count). The Kier molecular flexibility index (Phi) is 6.40. The first-order valence-corrected chi connectivity index (χ1v) is 10.2. The molecular formula is C18H24N4O3S2. The summed E-state index contributed by atoms with van der Waals surface area (Å²) in [6, 6.07) is 12.4. The fourth-order valence-electron chi connectivity index (χ4n) is 2.33. The second-order valence-electron chi connectivity index (χ2n) is 7.15. The molecule has 1 amide bonds. The van der Waals surface area contributed by atoms with Crippen LogP contribution < -0.4 is 16.2 Å². The normalized spacial score (nSPS) is 12.0. The highest BCUT2D eigenvalue weighted by Crippen LogP contribution is 2.21. The first-order chi connectivity index (χ1) is 12.5. The number of benzene rings is 2. The number of amides is 1. The second kappa shape index (κ2) is 8.20. The third-order valence-electron chi connectivity index (χ3n) is 3.60. The quantitative estimate of drug-likeness (QED) is 0.528. The standard InChI is InChI=1S/C18H24N4O3S2/c1-18(2,3)19-17(26)21-20-16(23)12-22(4)27(24,25)15-10-9-13-7-5-6-8-14(13)11-15/h5-11H,12H2,1-4H3,(H,20,23)(H2,19,21,26). The number of nitrogens with zero attached hydrogens (tertiary/aromatic N) is 1. The highest BCUT2D eigenvalue weighted by Gasteiger charge is 2.23. The van der Waals surface area contributed by atoms with E-state index in [9.17, 15) is 13.2 Å². The topological polar surface area (TPSA) is 90.5 Å². The zero-order chi connectivity index (χ0) is 20.2. The van der Waals surface area contributed by atoms with Gasteiger partial charge in [0.15, 0.2) is 5.11 Å². The summed E-state index contributed by atoms with van der Waals surface area (Å²) in [6.45, 7) is 5.42. The smallest absolute Gasteiger partial charge is 0.253 e. The third-order valence-corrected chi connectivity index (χ3v) is 5.60. The number of rotatable bonds is 4. The number of hydrogen-bond donors (Lipinski definition) is 3. The van der Waals surface area contributed by atoms with E-state index in [0.717, 1.165) is 15.1 Å². The van der Waals surface area contributed by atoms with Gasteiger partial charge in [0.2, 0.25) is 10.0 Å². The summed E-state index contributed by atoms with van der Waals surface area (Å²) in [5.74, 6) is -0.528. The summed E-state index contributed by atoms with van der Waals surface area (Å²) < 4.78 is 26.4. The van der Waals surface area contributed by atoms with Gasteiger partial charge in [0.1, 0.15) is 0 Å². The lowest BCUT2D eigenvalue weighted by Crippen LogP contribution is -2.53. The fraction of sp³-hybridized carbons (Fsp3) is 0.333. The van der Waals surface area contributed by atoms with Crippen molar-refractivity contribution in [2.24, 2.45) is 0 Å². The first-order valence-electron chi connectivity index (χ1n) is 8.31. The molecule has 0 aromatic heterocycles. The zero-order valence-electron chi connectivity index (χ0n) is 15.7. The van der Waals surface area contributed by atoms with Gasteiger partial charge < -0.3 is 5.32 Å². The molecule has 0 aliphatic carbocycles. The van der Waals surface area contributed by atoms with Crippen LogP contribution in [0.15, 0.2) is 47.4 Å². The number of sulfonamides is 1. The molecule has 9 heteroatoms. The van der Waals surface area contributed by atoms with Gasteiger partial charge in [0, 0.05) is 12.6 Å². The van der Waals surface area contributed by atoms with Gasteiger partial charge in [-0.05, 0) is 55.9 Å². The van der Waals surface area contributed by atoms with Crippen molar-refractivity contribution in [1.29, 1.82) is 0 Å². The Morgan fingerprint density at radius 2 is 1.70 bits per heavy atom. The van der Waals surface area contributed by atoms with Crippen molar-refractivity contribution in [2.75, 3.05) is 13.6 Å². The highest BCUT2D eigenvalue weighted by atomic mass is 32.2. The fourth-order valence-corrected chi connectivity index (χ4v) is 3.85. The minimum absolute atomic E-state index is 0.134. The van der Waals surface area contributed by atoms with Crippen LogP contribution in [0.5, 0.6) is 0 Å². The molecular weight excluding hydrogens is 384 g/mol. The van der Waals surface area contributed by atoms with E-state index in [1.165, 1.54) is 13.1 Å². The van der Waals surface area contributed by atoms with Crippen LogP contribution in [-0.4, -0.2) is 42.9 Å². The van der Waals surface area contributed by atoms with Crippen LogP contribution in [0.2, 0.25) is 0 Å². The molecule has 7 nitrogen and oxygen atoms in total. The first kappa shape index (κ1) is 21.1. The lowest BCUT2D eigenvalue weighted by Gasteiger charge is -2.23. The number of hydrogen-bond acceptors (Lipinski definition) is 4. The molecule has 0 saturated carbocycles. The predicted octanol–water partition coefficient (Wildman–Crippen LogP) is 1.75. The number of fused-ring (bicyclic) bond motifs is 1. The molecule has 0 fully saturated rings. The molecule has 3 N–H and O–H groups in total. The lowest BCUT2D eigenvalue weighted by atomic mass is 10.1. The van der Waals surface area contributed by atoms with Crippen molar-refractivity contribution in [3.05, 3.63) is 42.5 Å². The lowest BCUT2D eigenvalue weighted by molar-refractivity contribution is -0.121. The average molecular weight is 409 g/mol. The Morgan fingerprint density at radius 1 is 1.07 bits per heavy atom. The van der Waals surface area contributed by atoms with E-state index in [2.05, 4.69) is 16.2 Å². The molecule has 27 heavy (non-hydrogen) atoms. The summed E-state index contributed by atoms with van der Waals surface area (Å²) in [5.41, 5.74) is 4.69. The van der Waals surface area contributed by atoms with Gasteiger partial charge >= 0.3 is 0 Å². The predicted molar refractivity (Wildman–Crippen MR) is 111 cm³/mol. The van der Waals surface area contributed by atoms with Crippen LogP contribution in [0.1, 0.15) is 20.8 Å². The van der Waals surface area contributed by atoms with Crippen LogP contribution in [0.3, 0.4) is 0 Å².